The number of halogens is 4. The fourth-order valence-corrected chi connectivity index (χ4v) is 2.36. The van der Waals surface area contributed by atoms with E-state index in [2.05, 4.69) is 0 Å². The Balaban J connectivity index is 2.46. The van der Waals surface area contributed by atoms with Gasteiger partial charge in [-0.3, -0.25) is 0 Å². The second kappa shape index (κ2) is 6.40. The minimum atomic E-state index is -4.45. The Kier molecular flexibility index (Phi) is 4.76. The summed E-state index contributed by atoms with van der Waals surface area (Å²) in [5, 5.41) is 18.7. The Morgan fingerprint density at radius 3 is 2.50 bits per heavy atom. The summed E-state index contributed by atoms with van der Waals surface area (Å²) in [6.45, 7) is 0. The van der Waals surface area contributed by atoms with E-state index in [1.165, 1.54) is 24.3 Å². The van der Waals surface area contributed by atoms with E-state index < -0.39 is 11.7 Å². The molecule has 0 spiro atoms. The van der Waals surface area contributed by atoms with E-state index in [-0.39, 0.29) is 16.9 Å². The van der Waals surface area contributed by atoms with Crippen LogP contribution in [-0.2, 0) is 6.18 Å². The fourth-order valence-electron chi connectivity index (χ4n) is 1.82. The van der Waals surface area contributed by atoms with Crippen LogP contribution in [0.2, 0.25) is 0 Å². The van der Waals surface area contributed by atoms with Gasteiger partial charge in [0.1, 0.15) is 5.75 Å². The molecule has 2 aromatic carbocycles. The summed E-state index contributed by atoms with van der Waals surface area (Å²) < 4.78 is 38.8. The molecule has 0 aliphatic carbocycles. The van der Waals surface area contributed by atoms with Crippen LogP contribution in [0.25, 0.3) is 11.6 Å². The first-order valence-corrected chi connectivity index (χ1v) is 7.17. The van der Waals surface area contributed by atoms with E-state index in [0.717, 1.165) is 12.1 Å². The molecule has 0 aliphatic heterocycles. The van der Waals surface area contributed by atoms with Crippen LogP contribution in [0.3, 0.4) is 0 Å². The van der Waals surface area contributed by atoms with E-state index in [1.54, 1.807) is 12.1 Å². The standard InChI is InChI=1S/C16H9F3INO/c17-16(18,19)13-3-1-2-11(8-13)12(9-21)6-10-4-5-15(22)14(20)7-10/h1-8,22H/b12-6-. The number of alkyl halides is 3. The molecule has 0 aromatic heterocycles. The summed E-state index contributed by atoms with van der Waals surface area (Å²) in [5.74, 6) is 0.107. The maximum absolute atomic E-state index is 12.7. The largest absolute Gasteiger partial charge is 0.507 e. The SMILES string of the molecule is N#C/C(=C/c1ccc(O)c(I)c1)c1cccc(C(F)(F)F)c1. The van der Waals surface area contributed by atoms with Crippen LogP contribution in [0.4, 0.5) is 13.2 Å². The lowest BCUT2D eigenvalue weighted by atomic mass is 10.0. The Hall–Kier alpha value is -2.01. The van der Waals surface area contributed by atoms with Gasteiger partial charge in [-0.25, -0.2) is 0 Å². The number of aromatic hydroxyl groups is 1. The zero-order chi connectivity index (χ0) is 16.3. The Morgan fingerprint density at radius 2 is 1.91 bits per heavy atom. The molecule has 2 aromatic rings. The molecule has 0 amide bonds. The molecule has 0 fully saturated rings. The first-order valence-electron chi connectivity index (χ1n) is 6.09. The summed E-state index contributed by atoms with van der Waals surface area (Å²) in [6, 6.07) is 11.2. The van der Waals surface area contributed by atoms with E-state index >= 15 is 0 Å². The topological polar surface area (TPSA) is 44.0 Å². The minimum absolute atomic E-state index is 0.107. The van der Waals surface area contributed by atoms with Gasteiger partial charge < -0.3 is 5.11 Å². The molecule has 22 heavy (non-hydrogen) atoms. The van der Waals surface area contributed by atoms with Crippen molar-refractivity contribution in [1.82, 2.24) is 0 Å². The fraction of sp³-hybridized carbons (Fsp3) is 0.0625. The van der Waals surface area contributed by atoms with Crippen LogP contribution >= 0.6 is 22.6 Å². The molecule has 112 valence electrons. The smallest absolute Gasteiger partial charge is 0.416 e. The average molecular weight is 415 g/mol. The molecule has 0 bridgehead atoms. The van der Waals surface area contributed by atoms with E-state index in [9.17, 15) is 23.5 Å². The van der Waals surface area contributed by atoms with E-state index in [0.29, 0.717) is 9.13 Å². The van der Waals surface area contributed by atoms with Crippen molar-refractivity contribution < 1.29 is 18.3 Å². The molecule has 0 saturated carbocycles. The molecule has 0 aliphatic rings. The minimum Gasteiger partial charge on any atom is -0.507 e. The summed E-state index contributed by atoms with van der Waals surface area (Å²) in [5.41, 5.74) is 0.135. The van der Waals surface area contributed by atoms with Gasteiger partial charge in [0, 0.05) is 0 Å². The molecule has 0 saturated heterocycles. The van der Waals surface area contributed by atoms with E-state index in [1.807, 2.05) is 28.7 Å². The van der Waals surface area contributed by atoms with Gasteiger partial charge in [0.15, 0.2) is 0 Å². The maximum atomic E-state index is 12.7. The Labute approximate surface area is 138 Å². The molecule has 0 atom stereocenters. The number of hydrogen-bond donors (Lipinski definition) is 1. The quantitative estimate of drug-likeness (QED) is 0.423. The molecule has 6 heteroatoms. The molecule has 0 unspecified atom stereocenters. The number of benzene rings is 2. The third kappa shape index (κ3) is 3.80. The van der Waals surface area contributed by atoms with Gasteiger partial charge in [-0.2, -0.15) is 18.4 Å². The zero-order valence-electron chi connectivity index (χ0n) is 11.0. The summed E-state index contributed by atoms with van der Waals surface area (Å²) in [4.78, 5) is 0. The van der Waals surface area contributed by atoms with Crippen LogP contribution in [0.15, 0.2) is 42.5 Å². The predicted octanol–water partition coefficient (Wildman–Crippen LogP) is 5.08. The van der Waals surface area contributed by atoms with Crippen molar-refractivity contribution in [1.29, 1.82) is 5.26 Å². The van der Waals surface area contributed by atoms with Crippen LogP contribution in [0.1, 0.15) is 16.7 Å². The van der Waals surface area contributed by atoms with Crippen molar-refractivity contribution in [3.8, 4) is 11.8 Å². The molecule has 1 N–H and O–H groups in total. The van der Waals surface area contributed by atoms with Gasteiger partial charge in [-0.05, 0) is 64.1 Å². The van der Waals surface area contributed by atoms with Crippen molar-refractivity contribution in [2.24, 2.45) is 0 Å². The van der Waals surface area contributed by atoms with Gasteiger partial charge in [0.05, 0.1) is 20.8 Å². The third-order valence-corrected chi connectivity index (χ3v) is 3.77. The molecule has 0 radical (unpaired) electrons. The summed E-state index contributed by atoms with van der Waals surface area (Å²) >= 11 is 1.93. The lowest BCUT2D eigenvalue weighted by Crippen LogP contribution is -2.04. The number of phenols is 1. The summed E-state index contributed by atoms with van der Waals surface area (Å²) in [6.07, 6.45) is -2.97. The van der Waals surface area contributed by atoms with Crippen molar-refractivity contribution >= 4 is 34.2 Å². The van der Waals surface area contributed by atoms with Gasteiger partial charge in [-0.15, -0.1) is 0 Å². The average Bonchev–Trinajstić information content (AvgIpc) is 2.47. The highest BCUT2D eigenvalue weighted by Crippen LogP contribution is 2.31. The highest BCUT2D eigenvalue weighted by Gasteiger charge is 2.30. The van der Waals surface area contributed by atoms with Gasteiger partial charge in [0.25, 0.3) is 0 Å². The summed E-state index contributed by atoms with van der Waals surface area (Å²) in [7, 11) is 0. The van der Waals surface area contributed by atoms with Crippen LogP contribution < -0.4 is 0 Å². The number of rotatable bonds is 2. The van der Waals surface area contributed by atoms with Crippen LogP contribution in [0, 0.1) is 14.9 Å². The molecular formula is C16H9F3INO. The maximum Gasteiger partial charge on any atom is 0.416 e. The Bertz CT molecular complexity index is 776. The lowest BCUT2D eigenvalue weighted by Gasteiger charge is -2.08. The monoisotopic (exact) mass is 415 g/mol. The number of hydrogen-bond acceptors (Lipinski definition) is 2. The third-order valence-electron chi connectivity index (χ3n) is 2.90. The second-order valence-corrected chi connectivity index (χ2v) is 5.62. The second-order valence-electron chi connectivity index (χ2n) is 4.46. The number of allylic oxidation sites excluding steroid dienone is 1. The van der Waals surface area contributed by atoms with Crippen LogP contribution in [-0.4, -0.2) is 5.11 Å². The number of nitriles is 1. The molecule has 0 heterocycles. The van der Waals surface area contributed by atoms with Gasteiger partial charge in [-0.1, -0.05) is 18.2 Å². The zero-order valence-corrected chi connectivity index (χ0v) is 13.2. The van der Waals surface area contributed by atoms with E-state index in [4.69, 9.17) is 0 Å². The normalized spacial score (nSPS) is 12.0. The Morgan fingerprint density at radius 1 is 1.18 bits per heavy atom. The highest BCUT2D eigenvalue weighted by molar-refractivity contribution is 14.1. The molecule has 2 nitrogen and oxygen atoms in total. The molecular weight excluding hydrogens is 406 g/mol. The van der Waals surface area contributed by atoms with Gasteiger partial charge in [0.2, 0.25) is 0 Å². The predicted molar refractivity (Wildman–Crippen MR) is 85.8 cm³/mol. The van der Waals surface area contributed by atoms with Crippen molar-refractivity contribution in [2.75, 3.05) is 0 Å². The van der Waals surface area contributed by atoms with Crippen molar-refractivity contribution in [2.45, 2.75) is 6.18 Å². The van der Waals surface area contributed by atoms with Gasteiger partial charge >= 0.3 is 6.18 Å². The van der Waals surface area contributed by atoms with Crippen molar-refractivity contribution in [3.63, 3.8) is 0 Å². The number of phenolic OH excluding ortho intramolecular Hbond substituents is 1. The molecule has 2 rings (SSSR count). The lowest BCUT2D eigenvalue weighted by molar-refractivity contribution is -0.137. The van der Waals surface area contributed by atoms with Crippen LogP contribution in [0.5, 0.6) is 5.75 Å². The number of nitrogens with zero attached hydrogens (tertiary/aromatic N) is 1. The highest BCUT2D eigenvalue weighted by atomic mass is 127. The first kappa shape index (κ1) is 16.4. The van der Waals surface area contributed by atoms with Crippen molar-refractivity contribution in [3.05, 3.63) is 62.7 Å². The first-order chi connectivity index (χ1) is 10.3.